The minimum absolute atomic E-state index is 0.0651. The van der Waals surface area contributed by atoms with Crippen molar-refractivity contribution in [3.63, 3.8) is 0 Å². The number of aliphatic carboxylic acids is 1. The fourth-order valence-corrected chi connectivity index (χ4v) is 2.89. The molecule has 0 saturated carbocycles. The van der Waals surface area contributed by atoms with Crippen molar-refractivity contribution in [1.29, 1.82) is 0 Å². The maximum atomic E-state index is 11.5. The van der Waals surface area contributed by atoms with Gasteiger partial charge in [-0.15, -0.1) is 0 Å². The van der Waals surface area contributed by atoms with Crippen LogP contribution in [0.25, 0.3) is 11.0 Å². The molecule has 26 heavy (non-hydrogen) atoms. The van der Waals surface area contributed by atoms with Gasteiger partial charge in [0.2, 0.25) is 6.29 Å². The predicted octanol–water partition coefficient (Wildman–Crippen LogP) is 0.0258. The van der Waals surface area contributed by atoms with Crippen LogP contribution < -0.4 is 10.4 Å². The van der Waals surface area contributed by atoms with E-state index in [0.29, 0.717) is 10.9 Å². The van der Waals surface area contributed by atoms with Crippen LogP contribution in [0.5, 0.6) is 5.75 Å². The van der Waals surface area contributed by atoms with Gasteiger partial charge < -0.3 is 34.3 Å². The van der Waals surface area contributed by atoms with Crippen LogP contribution in [0.1, 0.15) is 5.56 Å². The molecule has 2 heterocycles. The number of benzene rings is 1. The summed E-state index contributed by atoms with van der Waals surface area (Å²) in [6.45, 7) is 1.69. The average Bonchev–Trinajstić information content (AvgIpc) is 2.56. The molecule has 1 aromatic heterocycles. The van der Waals surface area contributed by atoms with E-state index >= 15 is 0 Å². The first-order valence-corrected chi connectivity index (χ1v) is 7.90. The van der Waals surface area contributed by atoms with Gasteiger partial charge in [-0.05, 0) is 18.6 Å². The van der Waals surface area contributed by atoms with Crippen molar-refractivity contribution in [2.24, 2.45) is 0 Å². The van der Waals surface area contributed by atoms with E-state index in [1.165, 1.54) is 18.2 Å². The van der Waals surface area contributed by atoms with Crippen LogP contribution in [0.2, 0.25) is 5.02 Å². The first kappa shape index (κ1) is 18.6. The Kier molecular flexibility index (Phi) is 4.91. The Morgan fingerprint density at radius 1 is 1.15 bits per heavy atom. The van der Waals surface area contributed by atoms with Gasteiger partial charge in [-0.2, -0.15) is 0 Å². The smallest absolute Gasteiger partial charge is 0.336 e. The van der Waals surface area contributed by atoms with E-state index in [0.717, 1.165) is 0 Å². The molecule has 2 aromatic rings. The molecule has 0 unspecified atom stereocenters. The van der Waals surface area contributed by atoms with Gasteiger partial charge in [-0.3, -0.25) is 0 Å². The number of ether oxygens (including phenoxy) is 2. The molecule has 0 aliphatic carbocycles. The Hall–Kier alpha value is -2.17. The Morgan fingerprint density at radius 2 is 1.85 bits per heavy atom. The largest absolute Gasteiger partial charge is 0.479 e. The van der Waals surface area contributed by atoms with E-state index in [1.54, 1.807) is 6.92 Å². The van der Waals surface area contributed by atoms with Gasteiger partial charge >= 0.3 is 11.6 Å². The third-order valence-corrected chi connectivity index (χ3v) is 4.36. The van der Waals surface area contributed by atoms with Crippen molar-refractivity contribution in [2.45, 2.75) is 37.6 Å². The molecule has 1 fully saturated rings. The van der Waals surface area contributed by atoms with Gasteiger partial charge in [0, 0.05) is 17.5 Å². The van der Waals surface area contributed by atoms with Crippen LogP contribution in [0.3, 0.4) is 0 Å². The zero-order valence-electron chi connectivity index (χ0n) is 13.3. The summed E-state index contributed by atoms with van der Waals surface area (Å²) in [7, 11) is 0. The minimum Gasteiger partial charge on any atom is -0.479 e. The van der Waals surface area contributed by atoms with Gasteiger partial charge in [0.15, 0.2) is 6.10 Å². The summed E-state index contributed by atoms with van der Waals surface area (Å²) < 4.78 is 15.5. The lowest BCUT2D eigenvalue weighted by molar-refractivity contribution is -0.271. The fraction of sp³-hybridized carbons (Fsp3) is 0.375. The number of halogens is 1. The highest BCUT2D eigenvalue weighted by Gasteiger charge is 2.48. The zero-order valence-corrected chi connectivity index (χ0v) is 14.1. The molecule has 1 aromatic carbocycles. The number of fused-ring (bicyclic) bond motifs is 1. The van der Waals surface area contributed by atoms with Crippen molar-refractivity contribution in [2.75, 3.05) is 0 Å². The second kappa shape index (κ2) is 6.86. The summed E-state index contributed by atoms with van der Waals surface area (Å²) in [6.07, 6.45) is -8.82. The quantitative estimate of drug-likeness (QED) is 0.536. The van der Waals surface area contributed by atoms with Crippen molar-refractivity contribution in [3.8, 4) is 5.75 Å². The Labute approximate surface area is 150 Å². The van der Waals surface area contributed by atoms with Crippen molar-refractivity contribution in [1.82, 2.24) is 0 Å². The Balaban J connectivity index is 1.96. The molecular weight excluding hydrogens is 372 g/mol. The average molecular weight is 387 g/mol. The maximum absolute atomic E-state index is 11.5. The summed E-state index contributed by atoms with van der Waals surface area (Å²) in [5.41, 5.74) is 0.208. The summed E-state index contributed by atoms with van der Waals surface area (Å²) in [5.74, 6) is -1.60. The lowest BCUT2D eigenvalue weighted by Crippen LogP contribution is -2.61. The summed E-state index contributed by atoms with van der Waals surface area (Å²) in [5, 5.41) is 39.2. The Bertz CT molecular complexity index is 908. The summed E-state index contributed by atoms with van der Waals surface area (Å²) in [4.78, 5) is 22.6. The first-order valence-electron chi connectivity index (χ1n) is 7.52. The monoisotopic (exact) mass is 386 g/mol. The molecule has 0 spiro atoms. The van der Waals surface area contributed by atoms with E-state index < -0.39 is 42.3 Å². The molecule has 0 radical (unpaired) electrons. The maximum Gasteiger partial charge on any atom is 0.336 e. The molecule has 1 aliphatic rings. The molecule has 9 nitrogen and oxygen atoms in total. The highest BCUT2D eigenvalue weighted by Crippen LogP contribution is 2.33. The molecule has 1 aliphatic heterocycles. The van der Waals surface area contributed by atoms with Gasteiger partial charge in [-0.1, -0.05) is 11.6 Å². The lowest BCUT2D eigenvalue weighted by Gasteiger charge is -2.38. The molecule has 1 saturated heterocycles. The standard InChI is InChI=1S/C16H15ClO9/c1-5-2-10(18)24-8-4-9(7(17)3-6(5)8)25-16-13(21)11(19)12(20)14(26-16)15(22)23/h2-4,11-14,16,19-21H,1H3,(H,22,23)/t11-,12-,13+,14-,16+/m0/s1. The molecular formula is C16H15ClO9. The highest BCUT2D eigenvalue weighted by molar-refractivity contribution is 6.32. The SMILES string of the molecule is Cc1cc(=O)oc2cc(O[C@@H]3O[C@H](C(=O)O)[C@@H](O)[C@H](O)[C@H]3O)c(Cl)cc12. The van der Waals surface area contributed by atoms with Gasteiger partial charge in [-0.25, -0.2) is 9.59 Å². The van der Waals surface area contributed by atoms with Crippen molar-refractivity contribution < 1.29 is 39.1 Å². The Morgan fingerprint density at radius 3 is 2.50 bits per heavy atom. The first-order chi connectivity index (χ1) is 12.2. The van der Waals surface area contributed by atoms with E-state index in [2.05, 4.69) is 0 Å². The number of carboxylic acid groups (broad SMARTS) is 1. The third kappa shape index (κ3) is 3.27. The van der Waals surface area contributed by atoms with Gasteiger partial charge in [0.25, 0.3) is 0 Å². The number of aliphatic hydroxyl groups is 3. The van der Waals surface area contributed by atoms with Crippen molar-refractivity contribution in [3.05, 3.63) is 39.2 Å². The second-order valence-electron chi connectivity index (χ2n) is 5.88. The molecule has 3 rings (SSSR count). The van der Waals surface area contributed by atoms with Crippen LogP contribution in [0, 0.1) is 6.92 Å². The number of hydrogen-bond acceptors (Lipinski definition) is 8. The number of carboxylic acids is 1. The third-order valence-electron chi connectivity index (χ3n) is 4.06. The van der Waals surface area contributed by atoms with Crippen molar-refractivity contribution >= 4 is 28.5 Å². The second-order valence-corrected chi connectivity index (χ2v) is 6.29. The van der Waals surface area contributed by atoms with Crippen LogP contribution in [0.4, 0.5) is 0 Å². The highest BCUT2D eigenvalue weighted by atomic mass is 35.5. The topological polar surface area (TPSA) is 147 Å². The predicted molar refractivity (Wildman–Crippen MR) is 87.2 cm³/mol. The normalized spacial score (nSPS) is 28.9. The van der Waals surface area contributed by atoms with Gasteiger partial charge in [0.05, 0.1) is 5.02 Å². The molecule has 140 valence electrons. The molecule has 10 heteroatoms. The number of aryl methyl sites for hydroxylation is 1. The van der Waals surface area contributed by atoms with Crippen LogP contribution >= 0.6 is 11.6 Å². The van der Waals surface area contributed by atoms with E-state index in [1.807, 2.05) is 0 Å². The zero-order chi connectivity index (χ0) is 19.2. The van der Waals surface area contributed by atoms with Crippen LogP contribution in [-0.2, 0) is 9.53 Å². The number of rotatable bonds is 3. The molecule has 5 atom stereocenters. The fourth-order valence-electron chi connectivity index (χ4n) is 2.68. The van der Waals surface area contributed by atoms with E-state index in [4.69, 9.17) is 30.6 Å². The molecule has 4 N–H and O–H groups in total. The number of carbonyl (C=O) groups is 1. The minimum atomic E-state index is -1.84. The van der Waals surface area contributed by atoms with Crippen LogP contribution in [0.15, 0.2) is 27.4 Å². The van der Waals surface area contributed by atoms with Crippen LogP contribution in [-0.4, -0.2) is 57.1 Å². The number of aliphatic hydroxyl groups excluding tert-OH is 3. The lowest BCUT2D eigenvalue weighted by atomic mass is 9.99. The number of hydrogen-bond donors (Lipinski definition) is 4. The van der Waals surface area contributed by atoms with E-state index in [-0.39, 0.29) is 16.4 Å². The van der Waals surface area contributed by atoms with E-state index in [9.17, 15) is 24.9 Å². The molecule has 0 bridgehead atoms. The van der Waals surface area contributed by atoms with Gasteiger partial charge in [0.1, 0.15) is 29.6 Å². The molecule has 0 amide bonds. The summed E-state index contributed by atoms with van der Waals surface area (Å²) >= 11 is 6.14. The summed E-state index contributed by atoms with van der Waals surface area (Å²) in [6, 6.07) is 4.05.